The van der Waals surface area contributed by atoms with Crippen LogP contribution in [-0.4, -0.2) is 31.6 Å². The zero-order chi connectivity index (χ0) is 13.1. The lowest BCUT2D eigenvalue weighted by atomic mass is 9.93. The summed E-state index contributed by atoms with van der Waals surface area (Å²) in [7, 11) is 3.40. The van der Waals surface area contributed by atoms with Crippen LogP contribution in [-0.2, 0) is 16.1 Å². The first kappa shape index (κ1) is 14.5. The molecule has 0 unspecified atom stereocenters. The van der Waals surface area contributed by atoms with Gasteiger partial charge in [-0.25, -0.2) is 0 Å². The molecule has 0 N–H and O–H groups in total. The van der Waals surface area contributed by atoms with Crippen molar-refractivity contribution in [3.05, 3.63) is 21.3 Å². The quantitative estimate of drug-likeness (QED) is 0.774. The molecule has 0 fully saturated rings. The molecule has 0 radical (unpaired) electrons. The van der Waals surface area contributed by atoms with Gasteiger partial charge in [-0.05, 0) is 33.0 Å². The van der Waals surface area contributed by atoms with E-state index in [1.165, 1.54) is 12.0 Å². The molecule has 0 saturated heterocycles. The summed E-state index contributed by atoms with van der Waals surface area (Å²) in [5.41, 5.74) is -0.495. The van der Waals surface area contributed by atoms with E-state index in [-0.39, 0.29) is 5.97 Å². The fourth-order valence-corrected chi connectivity index (χ4v) is 2.94. The molecular formula is C12H18ClNO2S. The van der Waals surface area contributed by atoms with Gasteiger partial charge in [0.1, 0.15) is 0 Å². The fraction of sp³-hybridized carbons (Fsp3) is 0.583. The second-order valence-corrected chi connectivity index (χ2v) is 6.55. The predicted molar refractivity (Wildman–Crippen MR) is 71.5 cm³/mol. The van der Waals surface area contributed by atoms with Crippen LogP contribution in [0.1, 0.15) is 18.7 Å². The summed E-state index contributed by atoms with van der Waals surface area (Å²) in [6.07, 6.45) is 0. The van der Waals surface area contributed by atoms with Crippen molar-refractivity contribution in [3.63, 3.8) is 0 Å². The second kappa shape index (κ2) is 5.85. The van der Waals surface area contributed by atoms with Crippen LogP contribution in [0.3, 0.4) is 0 Å². The lowest BCUT2D eigenvalue weighted by Crippen LogP contribution is -2.37. The molecule has 0 spiro atoms. The number of carbonyl (C=O) groups excluding carboxylic acids is 1. The molecule has 0 atom stereocenters. The number of hydrogen-bond acceptors (Lipinski definition) is 4. The van der Waals surface area contributed by atoms with Crippen molar-refractivity contribution in [2.75, 3.05) is 20.7 Å². The van der Waals surface area contributed by atoms with Crippen LogP contribution in [0.2, 0.25) is 4.34 Å². The maximum absolute atomic E-state index is 11.6. The predicted octanol–water partition coefficient (Wildman–Crippen LogP) is 3.03. The summed E-state index contributed by atoms with van der Waals surface area (Å²) < 4.78 is 5.58. The van der Waals surface area contributed by atoms with Crippen LogP contribution in [0.5, 0.6) is 0 Å². The third-order valence-electron chi connectivity index (χ3n) is 2.46. The molecule has 0 aliphatic carbocycles. The highest BCUT2D eigenvalue weighted by atomic mass is 35.5. The SMILES string of the molecule is COC(=O)C(C)(C)CN(C)Cc1ccc(Cl)s1. The number of esters is 1. The lowest BCUT2D eigenvalue weighted by molar-refractivity contribution is -0.151. The molecule has 3 nitrogen and oxygen atoms in total. The number of hydrogen-bond donors (Lipinski definition) is 0. The summed E-state index contributed by atoms with van der Waals surface area (Å²) in [6, 6.07) is 3.90. The molecule has 96 valence electrons. The van der Waals surface area contributed by atoms with Crippen molar-refractivity contribution < 1.29 is 9.53 Å². The Bertz CT molecular complexity index is 390. The van der Waals surface area contributed by atoms with Gasteiger partial charge in [-0.1, -0.05) is 11.6 Å². The molecule has 17 heavy (non-hydrogen) atoms. The Morgan fingerprint density at radius 2 is 2.18 bits per heavy atom. The molecule has 1 aromatic heterocycles. The van der Waals surface area contributed by atoms with E-state index in [2.05, 4.69) is 4.90 Å². The molecule has 0 aliphatic rings. The summed E-state index contributed by atoms with van der Waals surface area (Å²) in [6.45, 7) is 5.21. The van der Waals surface area contributed by atoms with E-state index in [4.69, 9.17) is 16.3 Å². The van der Waals surface area contributed by atoms with Crippen molar-refractivity contribution in [1.82, 2.24) is 4.90 Å². The number of nitrogens with zero attached hydrogens (tertiary/aromatic N) is 1. The lowest BCUT2D eigenvalue weighted by Gasteiger charge is -2.27. The third-order valence-corrected chi connectivity index (χ3v) is 3.67. The van der Waals surface area contributed by atoms with E-state index in [0.717, 1.165) is 10.9 Å². The Kier molecular flexibility index (Phi) is 4.98. The van der Waals surface area contributed by atoms with Crippen molar-refractivity contribution in [2.45, 2.75) is 20.4 Å². The van der Waals surface area contributed by atoms with E-state index < -0.39 is 5.41 Å². The van der Waals surface area contributed by atoms with Gasteiger partial charge in [0.2, 0.25) is 0 Å². The maximum Gasteiger partial charge on any atom is 0.312 e. The van der Waals surface area contributed by atoms with E-state index in [1.807, 2.05) is 33.0 Å². The normalized spacial score (nSPS) is 11.9. The summed E-state index contributed by atoms with van der Waals surface area (Å²) >= 11 is 7.44. The molecule has 0 amide bonds. The van der Waals surface area contributed by atoms with Crippen LogP contribution in [0, 0.1) is 5.41 Å². The van der Waals surface area contributed by atoms with E-state index in [9.17, 15) is 4.79 Å². The number of methoxy groups -OCH3 is 1. The van der Waals surface area contributed by atoms with Crippen molar-refractivity contribution in [1.29, 1.82) is 0 Å². The largest absolute Gasteiger partial charge is 0.469 e. The number of ether oxygens (including phenoxy) is 1. The second-order valence-electron chi connectivity index (χ2n) is 4.75. The Hall–Kier alpha value is -0.580. The topological polar surface area (TPSA) is 29.5 Å². The van der Waals surface area contributed by atoms with E-state index in [1.54, 1.807) is 11.3 Å². The van der Waals surface area contributed by atoms with Gasteiger partial charge in [-0.3, -0.25) is 4.79 Å². The van der Waals surface area contributed by atoms with Gasteiger partial charge in [0.05, 0.1) is 16.9 Å². The van der Waals surface area contributed by atoms with E-state index in [0.29, 0.717) is 6.54 Å². The van der Waals surface area contributed by atoms with Gasteiger partial charge in [-0.15, -0.1) is 11.3 Å². The molecule has 0 bridgehead atoms. The average Bonchev–Trinajstić information content (AvgIpc) is 2.61. The first-order valence-electron chi connectivity index (χ1n) is 5.36. The molecule has 1 rings (SSSR count). The van der Waals surface area contributed by atoms with Crippen molar-refractivity contribution in [3.8, 4) is 0 Å². The number of carbonyl (C=O) groups is 1. The highest BCUT2D eigenvalue weighted by molar-refractivity contribution is 7.16. The highest BCUT2D eigenvalue weighted by Gasteiger charge is 2.30. The van der Waals surface area contributed by atoms with Crippen molar-refractivity contribution >= 4 is 28.9 Å². The number of thiophene rings is 1. The van der Waals surface area contributed by atoms with Crippen LogP contribution in [0.4, 0.5) is 0 Å². The molecule has 5 heteroatoms. The average molecular weight is 276 g/mol. The van der Waals surface area contributed by atoms with Crippen molar-refractivity contribution in [2.24, 2.45) is 5.41 Å². The summed E-state index contributed by atoms with van der Waals surface area (Å²) in [5.74, 6) is -0.187. The molecule has 0 saturated carbocycles. The first-order chi connectivity index (χ1) is 7.85. The maximum atomic E-state index is 11.6. The molecule has 0 aromatic carbocycles. The zero-order valence-electron chi connectivity index (χ0n) is 10.6. The summed E-state index contributed by atoms with van der Waals surface area (Å²) in [4.78, 5) is 14.8. The minimum atomic E-state index is -0.495. The Balaban J connectivity index is 2.54. The number of halogens is 1. The molecule has 1 aromatic rings. The monoisotopic (exact) mass is 275 g/mol. The summed E-state index contributed by atoms with van der Waals surface area (Å²) in [5, 5.41) is 0. The highest BCUT2D eigenvalue weighted by Crippen LogP contribution is 2.24. The van der Waals surface area contributed by atoms with Gasteiger partial charge in [-0.2, -0.15) is 0 Å². The fourth-order valence-electron chi connectivity index (χ4n) is 1.77. The van der Waals surface area contributed by atoms with Gasteiger partial charge in [0.25, 0.3) is 0 Å². The first-order valence-corrected chi connectivity index (χ1v) is 6.56. The Morgan fingerprint density at radius 1 is 1.53 bits per heavy atom. The minimum Gasteiger partial charge on any atom is -0.469 e. The van der Waals surface area contributed by atoms with E-state index >= 15 is 0 Å². The van der Waals surface area contributed by atoms with Gasteiger partial charge in [0.15, 0.2) is 0 Å². The third kappa shape index (κ3) is 4.30. The molecular weight excluding hydrogens is 258 g/mol. The van der Waals surface area contributed by atoms with Crippen LogP contribution >= 0.6 is 22.9 Å². The Morgan fingerprint density at radius 3 is 2.65 bits per heavy atom. The standard InChI is InChI=1S/C12H18ClNO2S/c1-12(2,11(15)16-4)8-14(3)7-9-5-6-10(13)17-9/h5-6H,7-8H2,1-4H3. The zero-order valence-corrected chi connectivity index (χ0v) is 12.2. The van der Waals surface area contributed by atoms with Gasteiger partial charge >= 0.3 is 5.97 Å². The number of rotatable bonds is 5. The van der Waals surface area contributed by atoms with Gasteiger partial charge < -0.3 is 9.64 Å². The molecule has 0 aliphatic heterocycles. The van der Waals surface area contributed by atoms with Crippen LogP contribution in [0.15, 0.2) is 12.1 Å². The molecule has 1 heterocycles. The Labute approximate surface area is 111 Å². The smallest absolute Gasteiger partial charge is 0.312 e. The van der Waals surface area contributed by atoms with Gasteiger partial charge in [0, 0.05) is 18.0 Å². The van der Waals surface area contributed by atoms with Crippen LogP contribution < -0.4 is 0 Å². The van der Waals surface area contributed by atoms with Crippen LogP contribution in [0.25, 0.3) is 0 Å². The minimum absolute atomic E-state index is 0.187.